The lowest BCUT2D eigenvalue weighted by Gasteiger charge is -2.17. The summed E-state index contributed by atoms with van der Waals surface area (Å²) in [6.07, 6.45) is 1.68. The third kappa shape index (κ3) is 2.99. The first-order chi connectivity index (χ1) is 8.90. The van der Waals surface area contributed by atoms with E-state index in [2.05, 4.69) is 35.7 Å². The number of nitrogens with zero attached hydrogens (tertiary/aromatic N) is 3. The molecule has 0 amide bonds. The van der Waals surface area contributed by atoms with Gasteiger partial charge in [-0.2, -0.15) is 0 Å². The van der Waals surface area contributed by atoms with Crippen LogP contribution in [0.25, 0.3) is 11.3 Å². The fourth-order valence-electron chi connectivity index (χ4n) is 1.63. The third-order valence-corrected chi connectivity index (χ3v) is 2.66. The summed E-state index contributed by atoms with van der Waals surface area (Å²) in [5.41, 5.74) is 7.40. The van der Waals surface area contributed by atoms with E-state index in [9.17, 15) is 0 Å². The molecular weight excluding hydrogens is 240 g/mol. The van der Waals surface area contributed by atoms with Crippen LogP contribution in [0, 0.1) is 0 Å². The Morgan fingerprint density at radius 2 is 1.89 bits per heavy atom. The van der Waals surface area contributed by atoms with Crippen molar-refractivity contribution in [1.82, 2.24) is 15.0 Å². The number of methoxy groups -OCH3 is 1. The molecule has 0 saturated carbocycles. The van der Waals surface area contributed by atoms with Gasteiger partial charge in [0.25, 0.3) is 0 Å². The molecule has 0 aliphatic heterocycles. The van der Waals surface area contributed by atoms with Crippen molar-refractivity contribution >= 4 is 5.82 Å². The van der Waals surface area contributed by atoms with Crippen LogP contribution in [0.4, 0.5) is 5.82 Å². The monoisotopic (exact) mass is 258 g/mol. The van der Waals surface area contributed by atoms with Gasteiger partial charge >= 0.3 is 0 Å². The molecule has 19 heavy (non-hydrogen) atoms. The number of pyridine rings is 1. The van der Waals surface area contributed by atoms with Gasteiger partial charge in [0.15, 0.2) is 0 Å². The van der Waals surface area contributed by atoms with Gasteiger partial charge in [-0.25, -0.2) is 15.0 Å². The fourth-order valence-corrected chi connectivity index (χ4v) is 1.63. The van der Waals surface area contributed by atoms with Crippen LogP contribution in [0.15, 0.2) is 24.4 Å². The Morgan fingerprint density at radius 1 is 1.16 bits per heavy atom. The summed E-state index contributed by atoms with van der Waals surface area (Å²) in [6.45, 7) is 6.16. The van der Waals surface area contributed by atoms with Gasteiger partial charge < -0.3 is 10.5 Å². The predicted octanol–water partition coefficient (Wildman–Crippen LogP) is 2.43. The van der Waals surface area contributed by atoms with Gasteiger partial charge in [0.05, 0.1) is 12.8 Å². The highest BCUT2D eigenvalue weighted by atomic mass is 16.5. The zero-order valence-corrected chi connectivity index (χ0v) is 11.6. The second-order valence-electron chi connectivity index (χ2n) is 5.34. The smallest absolute Gasteiger partial charge is 0.213 e. The molecule has 0 unspecified atom stereocenters. The molecule has 0 aromatic carbocycles. The molecule has 0 fully saturated rings. The summed E-state index contributed by atoms with van der Waals surface area (Å²) < 4.78 is 5.12. The quantitative estimate of drug-likeness (QED) is 0.895. The van der Waals surface area contributed by atoms with Crippen molar-refractivity contribution in [1.29, 1.82) is 0 Å². The first-order valence-electron chi connectivity index (χ1n) is 6.05. The van der Waals surface area contributed by atoms with Crippen LogP contribution in [0.3, 0.4) is 0 Å². The maximum atomic E-state index is 5.87. The predicted molar refractivity (Wildman–Crippen MR) is 74.9 cm³/mol. The lowest BCUT2D eigenvalue weighted by molar-refractivity contribution is 0.398. The molecule has 0 atom stereocenters. The van der Waals surface area contributed by atoms with E-state index in [0.29, 0.717) is 11.7 Å². The molecule has 0 aliphatic carbocycles. The Balaban J connectivity index is 2.53. The molecule has 0 spiro atoms. The van der Waals surface area contributed by atoms with E-state index in [0.717, 1.165) is 17.1 Å². The lowest BCUT2D eigenvalue weighted by atomic mass is 9.95. The zero-order chi connectivity index (χ0) is 14.0. The van der Waals surface area contributed by atoms with Gasteiger partial charge in [-0.3, -0.25) is 0 Å². The number of hydrogen-bond acceptors (Lipinski definition) is 5. The van der Waals surface area contributed by atoms with E-state index in [1.807, 2.05) is 12.1 Å². The van der Waals surface area contributed by atoms with Crippen LogP contribution in [0.5, 0.6) is 5.88 Å². The van der Waals surface area contributed by atoms with Gasteiger partial charge in [0.2, 0.25) is 5.88 Å². The molecular formula is C14H18N4O. The average molecular weight is 258 g/mol. The van der Waals surface area contributed by atoms with Gasteiger partial charge in [-0.15, -0.1) is 0 Å². The summed E-state index contributed by atoms with van der Waals surface area (Å²) in [5.74, 6) is 1.73. The molecule has 5 nitrogen and oxygen atoms in total. The highest BCUT2D eigenvalue weighted by Crippen LogP contribution is 2.25. The van der Waals surface area contributed by atoms with Crippen LogP contribution in [-0.2, 0) is 5.41 Å². The Hall–Kier alpha value is -2.17. The van der Waals surface area contributed by atoms with E-state index in [4.69, 9.17) is 10.5 Å². The highest BCUT2D eigenvalue weighted by molar-refractivity contribution is 5.62. The van der Waals surface area contributed by atoms with Crippen LogP contribution in [0.2, 0.25) is 0 Å². The molecule has 2 N–H and O–H groups in total. The number of aromatic nitrogens is 3. The van der Waals surface area contributed by atoms with E-state index >= 15 is 0 Å². The second kappa shape index (κ2) is 4.84. The van der Waals surface area contributed by atoms with Crippen molar-refractivity contribution in [2.75, 3.05) is 12.8 Å². The maximum absolute atomic E-state index is 5.87. The van der Waals surface area contributed by atoms with Crippen LogP contribution in [-0.4, -0.2) is 22.1 Å². The molecule has 0 bridgehead atoms. The summed E-state index contributed by atoms with van der Waals surface area (Å²) in [7, 11) is 1.58. The van der Waals surface area contributed by atoms with E-state index in [1.54, 1.807) is 19.4 Å². The van der Waals surface area contributed by atoms with Gasteiger partial charge in [0.1, 0.15) is 11.6 Å². The third-order valence-electron chi connectivity index (χ3n) is 2.66. The largest absolute Gasteiger partial charge is 0.481 e. The number of nitrogen functional groups attached to an aromatic ring is 1. The Bertz CT molecular complexity index is 590. The molecule has 100 valence electrons. The normalized spacial score (nSPS) is 11.4. The van der Waals surface area contributed by atoms with E-state index < -0.39 is 0 Å². The van der Waals surface area contributed by atoms with Crippen molar-refractivity contribution < 1.29 is 4.74 Å². The van der Waals surface area contributed by atoms with Gasteiger partial charge in [-0.05, 0) is 6.07 Å². The number of nitrogens with two attached hydrogens (primary N) is 1. The highest BCUT2D eigenvalue weighted by Gasteiger charge is 2.19. The Morgan fingerprint density at radius 3 is 2.53 bits per heavy atom. The number of hydrogen-bond donors (Lipinski definition) is 1. The van der Waals surface area contributed by atoms with Crippen molar-refractivity contribution in [2.45, 2.75) is 26.2 Å². The van der Waals surface area contributed by atoms with Crippen LogP contribution >= 0.6 is 0 Å². The molecule has 2 aromatic heterocycles. The maximum Gasteiger partial charge on any atom is 0.213 e. The van der Waals surface area contributed by atoms with Crippen molar-refractivity contribution in [3.63, 3.8) is 0 Å². The molecule has 0 saturated heterocycles. The van der Waals surface area contributed by atoms with Crippen LogP contribution < -0.4 is 10.5 Å². The fraction of sp³-hybridized carbons (Fsp3) is 0.357. The molecule has 2 heterocycles. The Labute approximate surface area is 112 Å². The minimum Gasteiger partial charge on any atom is -0.481 e. The van der Waals surface area contributed by atoms with Crippen molar-refractivity contribution in [3.05, 3.63) is 30.2 Å². The molecule has 5 heteroatoms. The minimum absolute atomic E-state index is 0.152. The SMILES string of the molecule is COc1cc(-c2cc(N)nc(C(C)(C)C)n2)ccn1. The topological polar surface area (TPSA) is 73.9 Å². The van der Waals surface area contributed by atoms with Gasteiger partial charge in [0, 0.05) is 29.3 Å². The standard InChI is InChI=1S/C14H18N4O/c1-14(2,3)13-17-10(8-11(15)18-13)9-5-6-16-12(7-9)19-4/h5-8H,1-4H3,(H2,15,17,18). The van der Waals surface area contributed by atoms with E-state index in [1.165, 1.54) is 0 Å². The summed E-state index contributed by atoms with van der Waals surface area (Å²) >= 11 is 0. The molecule has 2 aromatic rings. The number of anilines is 1. The summed E-state index contributed by atoms with van der Waals surface area (Å²) in [6, 6.07) is 5.45. The summed E-state index contributed by atoms with van der Waals surface area (Å²) in [4.78, 5) is 12.9. The van der Waals surface area contributed by atoms with Crippen LogP contribution in [0.1, 0.15) is 26.6 Å². The van der Waals surface area contributed by atoms with E-state index in [-0.39, 0.29) is 5.41 Å². The first kappa shape index (κ1) is 13.3. The first-order valence-corrected chi connectivity index (χ1v) is 6.05. The average Bonchev–Trinajstić information content (AvgIpc) is 2.37. The minimum atomic E-state index is -0.152. The molecule has 2 rings (SSSR count). The Kier molecular flexibility index (Phi) is 3.38. The van der Waals surface area contributed by atoms with Crippen molar-refractivity contribution in [3.8, 4) is 17.1 Å². The van der Waals surface area contributed by atoms with Crippen molar-refractivity contribution in [2.24, 2.45) is 0 Å². The van der Waals surface area contributed by atoms with Gasteiger partial charge in [-0.1, -0.05) is 20.8 Å². The number of rotatable bonds is 2. The second-order valence-corrected chi connectivity index (χ2v) is 5.34. The lowest BCUT2D eigenvalue weighted by Crippen LogP contribution is -2.17. The summed E-state index contributed by atoms with van der Waals surface area (Å²) in [5, 5.41) is 0. The molecule has 0 radical (unpaired) electrons. The zero-order valence-electron chi connectivity index (χ0n) is 11.6. The number of ether oxygens (including phenoxy) is 1. The molecule has 0 aliphatic rings.